The van der Waals surface area contributed by atoms with Crippen molar-refractivity contribution in [3.05, 3.63) is 109 Å². The SMILES string of the molecule is COc1ncccc1-c1ccc(O)c(-c2nc3cc(C(=O)NC(C)c4cnn(-c5ccccc5)c4)ccc3[nH]2)c1. The Hall–Kier alpha value is -5.44. The van der Waals surface area contributed by atoms with Crippen LogP contribution in [0.1, 0.15) is 28.9 Å². The molecular weight excluding hydrogens is 504 g/mol. The first-order chi connectivity index (χ1) is 19.5. The second kappa shape index (κ2) is 10.4. The Morgan fingerprint density at radius 3 is 2.70 bits per heavy atom. The predicted molar refractivity (Wildman–Crippen MR) is 152 cm³/mol. The number of para-hydroxylation sites is 1. The van der Waals surface area contributed by atoms with E-state index in [-0.39, 0.29) is 17.7 Å². The van der Waals surface area contributed by atoms with Crippen molar-refractivity contribution in [1.82, 2.24) is 30.0 Å². The van der Waals surface area contributed by atoms with E-state index in [2.05, 4.69) is 25.4 Å². The zero-order valence-corrected chi connectivity index (χ0v) is 21.9. The number of nitrogens with one attached hydrogen (secondary N) is 2. The lowest BCUT2D eigenvalue weighted by Gasteiger charge is -2.12. The van der Waals surface area contributed by atoms with E-state index in [9.17, 15) is 9.90 Å². The fraction of sp³-hybridized carbons (Fsp3) is 0.0968. The average molecular weight is 531 g/mol. The van der Waals surface area contributed by atoms with Gasteiger partial charge >= 0.3 is 0 Å². The number of aromatic amines is 1. The van der Waals surface area contributed by atoms with Gasteiger partial charge in [-0.25, -0.2) is 14.6 Å². The van der Waals surface area contributed by atoms with E-state index in [0.717, 1.165) is 27.9 Å². The molecule has 0 saturated heterocycles. The van der Waals surface area contributed by atoms with Crippen LogP contribution in [-0.4, -0.2) is 42.9 Å². The zero-order chi connectivity index (χ0) is 27.6. The number of ether oxygens (including phenoxy) is 1. The van der Waals surface area contributed by atoms with Crippen molar-refractivity contribution in [2.45, 2.75) is 13.0 Å². The van der Waals surface area contributed by atoms with Gasteiger partial charge in [0, 0.05) is 29.1 Å². The van der Waals surface area contributed by atoms with Crippen molar-refractivity contribution in [1.29, 1.82) is 0 Å². The molecular formula is C31H26N6O3. The number of fused-ring (bicyclic) bond motifs is 1. The predicted octanol–water partition coefficient (Wildman–Crippen LogP) is 5.68. The number of aromatic hydroxyl groups is 1. The van der Waals surface area contributed by atoms with Gasteiger partial charge in [0.2, 0.25) is 5.88 Å². The summed E-state index contributed by atoms with van der Waals surface area (Å²) in [5.74, 6) is 0.825. The summed E-state index contributed by atoms with van der Waals surface area (Å²) in [5.41, 5.74) is 5.81. The molecule has 3 aromatic heterocycles. The maximum atomic E-state index is 13.1. The number of carbonyl (C=O) groups is 1. The summed E-state index contributed by atoms with van der Waals surface area (Å²) in [7, 11) is 1.57. The Labute approximate surface area is 230 Å². The Balaban J connectivity index is 1.24. The second-order valence-electron chi connectivity index (χ2n) is 9.36. The summed E-state index contributed by atoms with van der Waals surface area (Å²) >= 11 is 0. The monoisotopic (exact) mass is 530 g/mol. The van der Waals surface area contributed by atoms with Crippen molar-refractivity contribution in [2.75, 3.05) is 7.11 Å². The van der Waals surface area contributed by atoms with Gasteiger partial charge in [-0.3, -0.25) is 4.79 Å². The van der Waals surface area contributed by atoms with Gasteiger partial charge in [0.15, 0.2) is 0 Å². The van der Waals surface area contributed by atoms with Gasteiger partial charge in [0.05, 0.1) is 41.6 Å². The molecule has 3 N–H and O–H groups in total. The molecule has 0 fully saturated rings. The lowest BCUT2D eigenvalue weighted by Crippen LogP contribution is -2.26. The highest BCUT2D eigenvalue weighted by Gasteiger charge is 2.17. The molecule has 0 bridgehead atoms. The van der Waals surface area contributed by atoms with Crippen LogP contribution < -0.4 is 10.1 Å². The van der Waals surface area contributed by atoms with Gasteiger partial charge in [-0.15, -0.1) is 0 Å². The van der Waals surface area contributed by atoms with Crippen LogP contribution in [0, 0.1) is 0 Å². The number of nitrogens with zero attached hydrogens (tertiary/aromatic N) is 4. The topological polar surface area (TPSA) is 118 Å². The van der Waals surface area contributed by atoms with Gasteiger partial charge in [0.1, 0.15) is 11.6 Å². The molecule has 198 valence electrons. The van der Waals surface area contributed by atoms with Crippen molar-refractivity contribution in [3.8, 4) is 39.8 Å². The highest BCUT2D eigenvalue weighted by Crippen LogP contribution is 2.35. The molecule has 9 heteroatoms. The number of carbonyl (C=O) groups excluding carboxylic acids is 1. The molecule has 0 radical (unpaired) electrons. The number of pyridine rings is 1. The third-order valence-corrected chi connectivity index (χ3v) is 6.74. The van der Waals surface area contributed by atoms with Crippen molar-refractivity contribution < 1.29 is 14.6 Å². The van der Waals surface area contributed by atoms with Crippen LogP contribution >= 0.6 is 0 Å². The lowest BCUT2D eigenvalue weighted by molar-refractivity contribution is 0.0940. The number of rotatable bonds is 7. The third-order valence-electron chi connectivity index (χ3n) is 6.74. The van der Waals surface area contributed by atoms with Crippen LogP contribution in [0.2, 0.25) is 0 Å². The standard InChI is InChI=1S/C31H26N6O3/c1-19(22-17-33-37(18-22)23-7-4-3-5-8-23)34-30(39)21-10-12-26-27(16-21)36-29(35-26)25-15-20(11-13-28(25)38)24-9-6-14-32-31(24)40-2/h3-19,38H,1-2H3,(H,34,39)(H,35,36). The number of amides is 1. The number of phenolic OH excluding ortho intramolecular Hbond substituents is 1. The maximum absolute atomic E-state index is 13.1. The zero-order valence-electron chi connectivity index (χ0n) is 21.9. The van der Waals surface area contributed by atoms with E-state index in [1.165, 1.54) is 0 Å². The fourth-order valence-electron chi connectivity index (χ4n) is 4.59. The molecule has 1 amide bonds. The molecule has 40 heavy (non-hydrogen) atoms. The van der Waals surface area contributed by atoms with Crippen molar-refractivity contribution in [2.24, 2.45) is 0 Å². The third kappa shape index (κ3) is 4.76. The number of methoxy groups -OCH3 is 1. The second-order valence-corrected chi connectivity index (χ2v) is 9.36. The molecule has 6 aromatic rings. The van der Waals surface area contributed by atoms with E-state index in [1.54, 1.807) is 48.5 Å². The van der Waals surface area contributed by atoms with Gasteiger partial charge in [0.25, 0.3) is 5.91 Å². The summed E-state index contributed by atoms with van der Waals surface area (Å²) in [6.07, 6.45) is 5.32. The van der Waals surface area contributed by atoms with Crippen LogP contribution in [-0.2, 0) is 0 Å². The molecule has 0 spiro atoms. The van der Waals surface area contributed by atoms with Crippen molar-refractivity contribution >= 4 is 16.9 Å². The molecule has 3 aromatic carbocycles. The molecule has 0 aliphatic carbocycles. The van der Waals surface area contributed by atoms with E-state index in [1.807, 2.05) is 67.7 Å². The molecule has 3 heterocycles. The van der Waals surface area contributed by atoms with Crippen molar-refractivity contribution in [3.63, 3.8) is 0 Å². The summed E-state index contributed by atoms with van der Waals surface area (Å²) in [5, 5.41) is 18.1. The summed E-state index contributed by atoms with van der Waals surface area (Å²) in [4.78, 5) is 25.3. The molecule has 0 aliphatic rings. The number of phenols is 1. The summed E-state index contributed by atoms with van der Waals surface area (Å²) < 4.78 is 7.18. The first-order valence-electron chi connectivity index (χ1n) is 12.7. The van der Waals surface area contributed by atoms with E-state index >= 15 is 0 Å². The van der Waals surface area contributed by atoms with Gasteiger partial charge in [-0.2, -0.15) is 5.10 Å². The van der Waals surface area contributed by atoms with E-state index in [4.69, 9.17) is 4.74 Å². The van der Waals surface area contributed by atoms with Gasteiger partial charge in [-0.1, -0.05) is 24.3 Å². The first kappa shape index (κ1) is 24.9. The number of imidazole rings is 1. The smallest absolute Gasteiger partial charge is 0.251 e. The van der Waals surface area contributed by atoms with Crippen LogP contribution in [0.25, 0.3) is 39.2 Å². The minimum Gasteiger partial charge on any atom is -0.507 e. The van der Waals surface area contributed by atoms with E-state index < -0.39 is 0 Å². The number of hydrogen-bond acceptors (Lipinski definition) is 6. The van der Waals surface area contributed by atoms with Gasteiger partial charge in [-0.05, 0) is 67.1 Å². The Morgan fingerprint density at radius 2 is 1.88 bits per heavy atom. The van der Waals surface area contributed by atoms with E-state index in [0.29, 0.717) is 28.3 Å². The minimum atomic E-state index is -0.250. The number of benzene rings is 3. The quantitative estimate of drug-likeness (QED) is 0.244. The summed E-state index contributed by atoms with van der Waals surface area (Å²) in [6.45, 7) is 1.92. The minimum absolute atomic E-state index is 0.0773. The lowest BCUT2D eigenvalue weighted by atomic mass is 10.0. The molecule has 1 unspecified atom stereocenters. The van der Waals surface area contributed by atoms with Crippen LogP contribution in [0.3, 0.4) is 0 Å². The largest absolute Gasteiger partial charge is 0.507 e. The Kier molecular flexibility index (Phi) is 6.45. The first-order valence-corrected chi connectivity index (χ1v) is 12.7. The Bertz CT molecular complexity index is 1830. The number of hydrogen-bond donors (Lipinski definition) is 3. The van der Waals surface area contributed by atoms with Gasteiger partial charge < -0.3 is 20.1 Å². The Morgan fingerprint density at radius 1 is 1.02 bits per heavy atom. The molecule has 9 nitrogen and oxygen atoms in total. The average Bonchev–Trinajstić information content (AvgIpc) is 3.65. The normalized spacial score (nSPS) is 11.8. The highest BCUT2D eigenvalue weighted by atomic mass is 16.5. The van der Waals surface area contributed by atoms with Crippen LogP contribution in [0.15, 0.2) is 97.5 Å². The maximum Gasteiger partial charge on any atom is 0.251 e. The van der Waals surface area contributed by atoms with Crippen LogP contribution in [0.5, 0.6) is 11.6 Å². The molecule has 0 saturated carbocycles. The number of aromatic nitrogens is 5. The number of H-pyrrole nitrogens is 1. The fourth-order valence-corrected chi connectivity index (χ4v) is 4.59. The molecule has 0 aliphatic heterocycles. The molecule has 6 rings (SSSR count). The summed E-state index contributed by atoms with van der Waals surface area (Å²) in [6, 6.07) is 23.8. The highest BCUT2D eigenvalue weighted by molar-refractivity contribution is 5.98. The van der Waals surface area contributed by atoms with Crippen LogP contribution in [0.4, 0.5) is 0 Å². The molecule has 1 atom stereocenters.